The molecule has 3 rings (SSSR count). The Bertz CT molecular complexity index is 602. The van der Waals surface area contributed by atoms with Gasteiger partial charge in [0.1, 0.15) is 0 Å². The highest BCUT2D eigenvalue weighted by atomic mass is 16.3. The molecule has 21 heavy (non-hydrogen) atoms. The fourth-order valence-electron chi connectivity index (χ4n) is 3.49. The molecule has 1 nitrogen and oxygen atoms in total. The van der Waals surface area contributed by atoms with Gasteiger partial charge < -0.3 is 5.11 Å². The number of aliphatic hydroxyl groups excluding tert-OH is 1. The average molecular weight is 280 g/mol. The molecule has 0 saturated carbocycles. The summed E-state index contributed by atoms with van der Waals surface area (Å²) in [6, 6.07) is 17.2. The summed E-state index contributed by atoms with van der Waals surface area (Å²) in [5.41, 5.74) is 5.30. The Morgan fingerprint density at radius 1 is 1.10 bits per heavy atom. The Kier molecular flexibility index (Phi) is 4.40. The van der Waals surface area contributed by atoms with Crippen LogP contribution in [0.3, 0.4) is 0 Å². The summed E-state index contributed by atoms with van der Waals surface area (Å²) in [5, 5.41) is 10.8. The Labute approximate surface area is 127 Å². The lowest BCUT2D eigenvalue weighted by atomic mass is 9.79. The van der Waals surface area contributed by atoms with Gasteiger partial charge in [0.25, 0.3) is 0 Å². The van der Waals surface area contributed by atoms with E-state index in [9.17, 15) is 5.11 Å². The zero-order chi connectivity index (χ0) is 14.7. The van der Waals surface area contributed by atoms with E-state index in [1.54, 1.807) is 0 Å². The van der Waals surface area contributed by atoms with E-state index < -0.39 is 0 Å². The molecule has 1 aliphatic carbocycles. The van der Waals surface area contributed by atoms with Crippen LogP contribution in [-0.2, 0) is 19.3 Å². The minimum Gasteiger partial charge on any atom is -0.388 e. The van der Waals surface area contributed by atoms with Gasteiger partial charge in [-0.25, -0.2) is 0 Å². The molecule has 0 amide bonds. The first-order chi connectivity index (χ1) is 10.3. The summed E-state index contributed by atoms with van der Waals surface area (Å²) in [7, 11) is 0. The second-order valence-corrected chi connectivity index (χ2v) is 6.21. The standard InChI is InChI=1S/C20H24O/c1-2-6-15-7-5-10-18(13-15)20(21)19-12-11-16-8-3-4-9-17(16)14-19/h3-5,7-10,13,19-21H,2,6,11-12,14H2,1H3. The molecule has 2 aromatic carbocycles. The molecule has 0 aliphatic heterocycles. The number of fused-ring (bicyclic) bond motifs is 1. The van der Waals surface area contributed by atoms with Crippen molar-refractivity contribution in [2.45, 2.75) is 45.1 Å². The van der Waals surface area contributed by atoms with Gasteiger partial charge in [0, 0.05) is 0 Å². The smallest absolute Gasteiger partial charge is 0.0821 e. The van der Waals surface area contributed by atoms with Crippen molar-refractivity contribution in [1.82, 2.24) is 0 Å². The summed E-state index contributed by atoms with van der Waals surface area (Å²) in [6.07, 6.45) is 5.07. The highest BCUT2D eigenvalue weighted by Crippen LogP contribution is 2.34. The molecule has 1 N–H and O–H groups in total. The quantitative estimate of drug-likeness (QED) is 0.875. The first-order valence-electron chi connectivity index (χ1n) is 8.11. The minimum absolute atomic E-state index is 0.338. The zero-order valence-corrected chi connectivity index (χ0v) is 12.8. The van der Waals surface area contributed by atoms with E-state index in [1.165, 1.54) is 16.7 Å². The number of aryl methyl sites for hydroxylation is 2. The largest absolute Gasteiger partial charge is 0.388 e. The van der Waals surface area contributed by atoms with E-state index in [0.717, 1.165) is 37.7 Å². The highest BCUT2D eigenvalue weighted by Gasteiger charge is 2.25. The van der Waals surface area contributed by atoms with Crippen molar-refractivity contribution in [2.24, 2.45) is 5.92 Å². The van der Waals surface area contributed by atoms with Crippen LogP contribution in [0.25, 0.3) is 0 Å². The van der Waals surface area contributed by atoms with E-state index in [0.29, 0.717) is 5.92 Å². The van der Waals surface area contributed by atoms with Crippen LogP contribution in [0, 0.1) is 5.92 Å². The molecule has 0 spiro atoms. The summed E-state index contributed by atoms with van der Waals surface area (Å²) in [6.45, 7) is 2.20. The van der Waals surface area contributed by atoms with Crippen LogP contribution in [0.1, 0.15) is 48.1 Å². The van der Waals surface area contributed by atoms with Gasteiger partial charge in [-0.15, -0.1) is 0 Å². The molecule has 0 aromatic heterocycles. The summed E-state index contributed by atoms with van der Waals surface area (Å²) < 4.78 is 0. The normalized spacial score (nSPS) is 19.0. The molecule has 2 unspecified atom stereocenters. The van der Waals surface area contributed by atoms with Gasteiger partial charge in [-0.2, -0.15) is 0 Å². The summed E-state index contributed by atoms with van der Waals surface area (Å²) in [5.74, 6) is 0.344. The fraction of sp³-hybridized carbons (Fsp3) is 0.400. The molecule has 1 heteroatoms. The van der Waals surface area contributed by atoms with Crippen molar-refractivity contribution < 1.29 is 5.11 Å². The molecule has 2 aromatic rings. The molecular formula is C20H24O. The SMILES string of the molecule is CCCc1cccc(C(O)C2CCc3ccccc3C2)c1. The lowest BCUT2D eigenvalue weighted by Crippen LogP contribution is -2.21. The Hall–Kier alpha value is -1.60. The number of hydrogen-bond donors (Lipinski definition) is 1. The molecular weight excluding hydrogens is 256 g/mol. The Balaban J connectivity index is 1.77. The van der Waals surface area contributed by atoms with Gasteiger partial charge >= 0.3 is 0 Å². The first-order valence-corrected chi connectivity index (χ1v) is 8.11. The third-order valence-electron chi connectivity index (χ3n) is 4.66. The Morgan fingerprint density at radius 2 is 1.90 bits per heavy atom. The first kappa shape index (κ1) is 14.3. The molecule has 0 radical (unpaired) electrons. The van der Waals surface area contributed by atoms with E-state index in [4.69, 9.17) is 0 Å². The Morgan fingerprint density at radius 3 is 2.71 bits per heavy atom. The average Bonchev–Trinajstić information content (AvgIpc) is 2.54. The van der Waals surface area contributed by atoms with Gasteiger partial charge in [-0.1, -0.05) is 61.9 Å². The number of benzene rings is 2. The lowest BCUT2D eigenvalue weighted by Gasteiger charge is -2.29. The minimum atomic E-state index is -0.338. The van der Waals surface area contributed by atoms with Crippen LogP contribution in [0.5, 0.6) is 0 Å². The van der Waals surface area contributed by atoms with Crippen LogP contribution in [-0.4, -0.2) is 5.11 Å². The maximum absolute atomic E-state index is 10.8. The van der Waals surface area contributed by atoms with Crippen molar-refractivity contribution in [1.29, 1.82) is 0 Å². The van der Waals surface area contributed by atoms with Crippen molar-refractivity contribution in [3.63, 3.8) is 0 Å². The van der Waals surface area contributed by atoms with Crippen LogP contribution >= 0.6 is 0 Å². The summed E-state index contributed by atoms with van der Waals surface area (Å²) in [4.78, 5) is 0. The molecule has 110 valence electrons. The number of hydrogen-bond acceptors (Lipinski definition) is 1. The second kappa shape index (κ2) is 6.44. The predicted octanol–water partition coefficient (Wildman–Crippen LogP) is 4.48. The number of aliphatic hydroxyl groups is 1. The van der Waals surface area contributed by atoms with E-state index >= 15 is 0 Å². The molecule has 0 saturated heterocycles. The van der Waals surface area contributed by atoms with Gasteiger partial charge in [-0.3, -0.25) is 0 Å². The molecule has 0 bridgehead atoms. The van der Waals surface area contributed by atoms with E-state index in [-0.39, 0.29) is 6.10 Å². The molecule has 1 aliphatic rings. The predicted molar refractivity (Wildman–Crippen MR) is 87.4 cm³/mol. The van der Waals surface area contributed by atoms with Gasteiger partial charge in [-0.05, 0) is 53.9 Å². The van der Waals surface area contributed by atoms with E-state index in [2.05, 4.69) is 55.5 Å². The highest BCUT2D eigenvalue weighted by molar-refractivity contribution is 5.31. The third-order valence-corrected chi connectivity index (χ3v) is 4.66. The maximum atomic E-state index is 10.8. The van der Waals surface area contributed by atoms with Crippen molar-refractivity contribution in [3.05, 3.63) is 70.8 Å². The van der Waals surface area contributed by atoms with Crippen molar-refractivity contribution in [3.8, 4) is 0 Å². The fourth-order valence-corrected chi connectivity index (χ4v) is 3.49. The van der Waals surface area contributed by atoms with E-state index in [1.807, 2.05) is 0 Å². The lowest BCUT2D eigenvalue weighted by molar-refractivity contribution is 0.0994. The topological polar surface area (TPSA) is 20.2 Å². The van der Waals surface area contributed by atoms with Crippen LogP contribution < -0.4 is 0 Å². The number of rotatable bonds is 4. The van der Waals surface area contributed by atoms with Gasteiger partial charge in [0.2, 0.25) is 0 Å². The van der Waals surface area contributed by atoms with Crippen molar-refractivity contribution in [2.75, 3.05) is 0 Å². The van der Waals surface area contributed by atoms with Crippen LogP contribution in [0.4, 0.5) is 0 Å². The molecule has 2 atom stereocenters. The zero-order valence-electron chi connectivity index (χ0n) is 12.8. The molecule has 0 fully saturated rings. The van der Waals surface area contributed by atoms with Crippen molar-refractivity contribution >= 4 is 0 Å². The maximum Gasteiger partial charge on any atom is 0.0821 e. The van der Waals surface area contributed by atoms with Crippen LogP contribution in [0.15, 0.2) is 48.5 Å². The van der Waals surface area contributed by atoms with Gasteiger partial charge in [0.15, 0.2) is 0 Å². The van der Waals surface area contributed by atoms with Gasteiger partial charge in [0.05, 0.1) is 6.10 Å². The summed E-state index contributed by atoms with van der Waals surface area (Å²) >= 11 is 0. The third kappa shape index (κ3) is 3.19. The van der Waals surface area contributed by atoms with Crippen LogP contribution in [0.2, 0.25) is 0 Å². The second-order valence-electron chi connectivity index (χ2n) is 6.21. The molecule has 0 heterocycles. The monoisotopic (exact) mass is 280 g/mol.